The highest BCUT2D eigenvalue weighted by molar-refractivity contribution is 5.61. The number of hydrogen-bond acceptors (Lipinski definition) is 4. The van der Waals surface area contributed by atoms with Crippen LogP contribution in [0.15, 0.2) is 18.2 Å². The maximum atomic E-state index is 10.0. The van der Waals surface area contributed by atoms with Gasteiger partial charge in [-0.15, -0.1) is 0 Å². The van der Waals surface area contributed by atoms with Crippen LogP contribution < -0.4 is 4.74 Å². The van der Waals surface area contributed by atoms with Crippen molar-refractivity contribution in [1.29, 1.82) is 0 Å². The van der Waals surface area contributed by atoms with Gasteiger partial charge in [-0.05, 0) is 25.0 Å². The highest BCUT2D eigenvalue weighted by atomic mass is 16.5. The Morgan fingerprint density at radius 2 is 2.11 bits per heavy atom. The van der Waals surface area contributed by atoms with E-state index >= 15 is 0 Å². The molecule has 2 rings (SSSR count). The molecule has 0 unspecified atom stereocenters. The van der Waals surface area contributed by atoms with Crippen LogP contribution >= 0.6 is 0 Å². The summed E-state index contributed by atoms with van der Waals surface area (Å²) in [6, 6.07) is 3.84. The van der Waals surface area contributed by atoms with E-state index in [9.17, 15) is 10.2 Å². The van der Waals surface area contributed by atoms with Gasteiger partial charge in [-0.2, -0.15) is 0 Å². The lowest BCUT2D eigenvalue weighted by Crippen LogP contribution is -2.39. The molecule has 19 heavy (non-hydrogen) atoms. The summed E-state index contributed by atoms with van der Waals surface area (Å²) in [5.41, 5.74) is 1.60. The Bertz CT molecular complexity index is 486. The zero-order valence-electron chi connectivity index (χ0n) is 11.3. The van der Waals surface area contributed by atoms with Gasteiger partial charge in [-0.25, -0.2) is 0 Å². The fraction of sp³-hybridized carbons (Fsp3) is 0.467. The molecule has 3 N–H and O–H groups in total. The number of aliphatic hydroxyl groups is 3. The molecule has 0 aliphatic carbocycles. The summed E-state index contributed by atoms with van der Waals surface area (Å²) < 4.78 is 5.81. The Kier molecular flexibility index (Phi) is 3.94. The second kappa shape index (κ2) is 5.33. The van der Waals surface area contributed by atoms with E-state index in [0.29, 0.717) is 17.7 Å². The van der Waals surface area contributed by atoms with Crippen molar-refractivity contribution < 1.29 is 20.1 Å². The molecule has 0 aromatic heterocycles. The maximum absolute atomic E-state index is 10.0. The molecule has 1 aromatic carbocycles. The Morgan fingerprint density at radius 3 is 2.68 bits per heavy atom. The molecule has 0 saturated heterocycles. The Balaban J connectivity index is 2.37. The van der Waals surface area contributed by atoms with Crippen LogP contribution in [0.25, 0.3) is 6.08 Å². The van der Waals surface area contributed by atoms with Crippen molar-refractivity contribution in [3.63, 3.8) is 0 Å². The van der Waals surface area contributed by atoms with Gasteiger partial charge in [0, 0.05) is 12.0 Å². The van der Waals surface area contributed by atoms with Gasteiger partial charge in [-0.1, -0.05) is 24.3 Å². The Hall–Kier alpha value is -1.36. The molecule has 0 saturated carbocycles. The average Bonchev–Trinajstić information content (AvgIpc) is 2.79. The lowest BCUT2D eigenvalue weighted by Gasteiger charge is -2.25. The predicted molar refractivity (Wildman–Crippen MR) is 72.9 cm³/mol. The summed E-state index contributed by atoms with van der Waals surface area (Å²) >= 11 is 0. The lowest BCUT2D eigenvalue weighted by molar-refractivity contribution is -0.0235. The number of rotatable bonds is 4. The summed E-state index contributed by atoms with van der Waals surface area (Å²) in [6.07, 6.45) is 3.70. The van der Waals surface area contributed by atoms with Gasteiger partial charge in [0.15, 0.2) is 0 Å². The molecular weight excluding hydrogens is 244 g/mol. The maximum Gasteiger partial charge on any atom is 0.131 e. The van der Waals surface area contributed by atoms with Gasteiger partial charge in [0.2, 0.25) is 0 Å². The molecule has 1 heterocycles. The van der Waals surface area contributed by atoms with Crippen molar-refractivity contribution in [1.82, 2.24) is 0 Å². The summed E-state index contributed by atoms with van der Waals surface area (Å²) in [5, 5.41) is 28.4. The number of aliphatic hydroxyl groups excluding tert-OH is 2. The van der Waals surface area contributed by atoms with Gasteiger partial charge in [0.05, 0.1) is 18.8 Å². The van der Waals surface area contributed by atoms with Gasteiger partial charge >= 0.3 is 0 Å². The molecule has 0 bridgehead atoms. The molecule has 4 heteroatoms. The number of fused-ring (bicyclic) bond motifs is 1. The fourth-order valence-electron chi connectivity index (χ4n) is 2.28. The lowest BCUT2D eigenvalue weighted by atomic mass is 9.95. The van der Waals surface area contributed by atoms with Crippen LogP contribution in [-0.2, 0) is 13.0 Å². The standard InChI is InChI=1S/C15H20O4/c1-15(2,18)13-8-11-6-5-10(4-3-7-16)12(9-17)14(11)19-13/h3-6,13,16-18H,7-9H2,1-2H3/t13-/m0/s1. The number of ether oxygens (including phenoxy) is 1. The summed E-state index contributed by atoms with van der Waals surface area (Å²) in [6.45, 7) is 3.26. The quantitative estimate of drug-likeness (QED) is 0.765. The minimum Gasteiger partial charge on any atom is -0.486 e. The second-order valence-electron chi connectivity index (χ2n) is 5.33. The molecule has 0 amide bonds. The van der Waals surface area contributed by atoms with Crippen molar-refractivity contribution in [2.45, 2.75) is 38.6 Å². The van der Waals surface area contributed by atoms with Crippen LogP contribution in [0, 0.1) is 0 Å². The topological polar surface area (TPSA) is 69.9 Å². The van der Waals surface area contributed by atoms with Crippen molar-refractivity contribution in [3.8, 4) is 5.75 Å². The predicted octanol–water partition coefficient (Wildman–Crippen LogP) is 1.26. The first kappa shape index (κ1) is 14.1. The monoisotopic (exact) mass is 264 g/mol. The largest absolute Gasteiger partial charge is 0.486 e. The van der Waals surface area contributed by atoms with Gasteiger partial charge in [0.25, 0.3) is 0 Å². The van der Waals surface area contributed by atoms with E-state index in [4.69, 9.17) is 9.84 Å². The molecule has 0 radical (unpaired) electrons. The van der Waals surface area contributed by atoms with Crippen LogP contribution in [0.5, 0.6) is 5.75 Å². The average molecular weight is 264 g/mol. The van der Waals surface area contributed by atoms with Crippen LogP contribution in [-0.4, -0.2) is 33.6 Å². The highest BCUT2D eigenvalue weighted by Crippen LogP contribution is 2.38. The third kappa shape index (κ3) is 2.81. The first-order valence-electron chi connectivity index (χ1n) is 6.39. The van der Waals surface area contributed by atoms with E-state index in [1.807, 2.05) is 12.1 Å². The SMILES string of the molecule is CC(C)(O)[C@@H]1Cc2ccc(C=CCO)c(CO)c2O1. The second-order valence-corrected chi connectivity index (χ2v) is 5.33. The van der Waals surface area contributed by atoms with Crippen LogP contribution in [0.3, 0.4) is 0 Å². The first-order chi connectivity index (χ1) is 8.97. The van der Waals surface area contributed by atoms with Crippen molar-refractivity contribution in [2.75, 3.05) is 6.61 Å². The molecular formula is C15H20O4. The summed E-state index contributed by atoms with van der Waals surface area (Å²) in [4.78, 5) is 0. The van der Waals surface area contributed by atoms with Gasteiger partial charge < -0.3 is 20.1 Å². The van der Waals surface area contributed by atoms with E-state index in [1.54, 1.807) is 26.0 Å². The number of hydrogen-bond donors (Lipinski definition) is 3. The zero-order valence-corrected chi connectivity index (χ0v) is 11.3. The summed E-state index contributed by atoms with van der Waals surface area (Å²) in [5.74, 6) is 0.662. The third-order valence-electron chi connectivity index (χ3n) is 3.39. The Morgan fingerprint density at radius 1 is 1.37 bits per heavy atom. The molecule has 1 aliphatic rings. The van der Waals surface area contributed by atoms with E-state index in [0.717, 1.165) is 11.1 Å². The highest BCUT2D eigenvalue weighted by Gasteiger charge is 2.36. The van der Waals surface area contributed by atoms with Gasteiger partial charge in [-0.3, -0.25) is 0 Å². The molecule has 4 nitrogen and oxygen atoms in total. The molecule has 104 valence electrons. The molecule has 0 fully saturated rings. The van der Waals surface area contributed by atoms with Crippen LogP contribution in [0.1, 0.15) is 30.5 Å². The van der Waals surface area contributed by atoms with Crippen molar-refractivity contribution in [2.24, 2.45) is 0 Å². The minimum absolute atomic E-state index is 0.0465. The van der Waals surface area contributed by atoms with Crippen LogP contribution in [0.4, 0.5) is 0 Å². The zero-order chi connectivity index (χ0) is 14.0. The fourth-order valence-corrected chi connectivity index (χ4v) is 2.28. The van der Waals surface area contributed by atoms with E-state index in [2.05, 4.69) is 0 Å². The molecule has 1 aliphatic heterocycles. The van der Waals surface area contributed by atoms with E-state index in [1.165, 1.54) is 0 Å². The smallest absolute Gasteiger partial charge is 0.131 e. The first-order valence-corrected chi connectivity index (χ1v) is 6.39. The number of benzene rings is 1. The minimum atomic E-state index is -0.924. The molecule has 1 atom stereocenters. The van der Waals surface area contributed by atoms with Crippen molar-refractivity contribution in [3.05, 3.63) is 34.9 Å². The Labute approximate surface area is 113 Å². The molecule has 1 aromatic rings. The van der Waals surface area contributed by atoms with E-state index < -0.39 is 5.60 Å². The third-order valence-corrected chi connectivity index (χ3v) is 3.39. The summed E-state index contributed by atoms with van der Waals surface area (Å²) in [7, 11) is 0. The van der Waals surface area contributed by atoms with E-state index in [-0.39, 0.29) is 19.3 Å². The van der Waals surface area contributed by atoms with Gasteiger partial charge in [0.1, 0.15) is 11.9 Å². The van der Waals surface area contributed by atoms with Crippen LogP contribution in [0.2, 0.25) is 0 Å². The molecule has 0 spiro atoms. The van der Waals surface area contributed by atoms with Crippen molar-refractivity contribution >= 4 is 6.08 Å². The normalized spacial score (nSPS) is 18.7.